The molecule has 1 aliphatic rings. The van der Waals surface area contributed by atoms with Gasteiger partial charge in [-0.15, -0.1) is 0 Å². The monoisotopic (exact) mass is 399 g/mol. The number of hydrogen-bond donors (Lipinski definition) is 0. The van der Waals surface area contributed by atoms with E-state index in [0.717, 1.165) is 50.3 Å². The number of halogens is 1. The molecule has 4 rings (SSSR count). The maximum atomic E-state index is 13.2. The molecule has 0 bridgehead atoms. The molecule has 0 unspecified atom stereocenters. The minimum Gasteiger partial charge on any atom is -0.385 e. The van der Waals surface area contributed by atoms with E-state index in [9.17, 15) is 4.39 Å². The quantitative estimate of drug-likeness (QED) is 0.608. The first kappa shape index (κ1) is 19.7. The number of piperidine rings is 1. The van der Waals surface area contributed by atoms with Gasteiger partial charge in [0.25, 0.3) is 5.89 Å². The highest BCUT2D eigenvalue weighted by Gasteiger charge is 2.40. The van der Waals surface area contributed by atoms with Gasteiger partial charge in [0, 0.05) is 50.0 Å². The summed E-state index contributed by atoms with van der Waals surface area (Å²) in [6.45, 7) is 3.42. The summed E-state index contributed by atoms with van der Waals surface area (Å²) in [6.07, 6.45) is 6.67. The Labute approximate surface area is 169 Å². The number of benzene rings is 1. The van der Waals surface area contributed by atoms with Crippen molar-refractivity contribution in [1.29, 1.82) is 0 Å². The van der Waals surface area contributed by atoms with Gasteiger partial charge in [0.2, 0.25) is 0 Å². The summed E-state index contributed by atoms with van der Waals surface area (Å²) in [4.78, 5) is 7.12. The van der Waals surface area contributed by atoms with Crippen LogP contribution in [0.3, 0.4) is 0 Å². The Morgan fingerprint density at radius 2 is 1.97 bits per heavy atom. The van der Waals surface area contributed by atoms with Crippen LogP contribution >= 0.6 is 0 Å². The van der Waals surface area contributed by atoms with Gasteiger partial charge in [-0.2, -0.15) is 10.1 Å². The normalized spacial score (nSPS) is 16.9. The van der Waals surface area contributed by atoms with Crippen LogP contribution < -0.4 is 0 Å². The number of likely N-dealkylation sites (tertiary alicyclic amines) is 1. The Kier molecular flexibility index (Phi) is 5.73. The van der Waals surface area contributed by atoms with E-state index in [0.29, 0.717) is 12.5 Å². The molecule has 0 aliphatic carbocycles. The lowest BCUT2D eigenvalue weighted by Gasteiger charge is -2.39. The van der Waals surface area contributed by atoms with Crippen molar-refractivity contribution in [2.24, 2.45) is 7.05 Å². The fourth-order valence-electron chi connectivity index (χ4n) is 3.98. The maximum Gasteiger partial charge on any atom is 0.257 e. The zero-order valence-electron chi connectivity index (χ0n) is 16.8. The number of ether oxygens (including phenoxy) is 1. The number of aryl methyl sites for hydroxylation is 1. The molecule has 0 atom stereocenters. The predicted octanol–water partition coefficient (Wildman–Crippen LogP) is 3.18. The zero-order valence-corrected chi connectivity index (χ0v) is 16.8. The van der Waals surface area contributed by atoms with Crippen molar-refractivity contribution >= 4 is 0 Å². The molecule has 3 heterocycles. The van der Waals surface area contributed by atoms with Crippen molar-refractivity contribution in [2.75, 3.05) is 26.8 Å². The third-order valence-corrected chi connectivity index (χ3v) is 5.75. The van der Waals surface area contributed by atoms with Crippen molar-refractivity contribution in [3.8, 4) is 11.5 Å². The second kappa shape index (κ2) is 8.42. The van der Waals surface area contributed by atoms with Gasteiger partial charge >= 0.3 is 0 Å². The lowest BCUT2D eigenvalue weighted by molar-refractivity contribution is 0.103. The van der Waals surface area contributed by atoms with Crippen molar-refractivity contribution in [3.05, 3.63) is 53.9 Å². The summed E-state index contributed by atoms with van der Waals surface area (Å²) >= 11 is 0. The van der Waals surface area contributed by atoms with Gasteiger partial charge in [0.15, 0.2) is 5.82 Å². The molecule has 154 valence electrons. The van der Waals surface area contributed by atoms with Crippen LogP contribution in [0.1, 0.15) is 30.7 Å². The summed E-state index contributed by atoms with van der Waals surface area (Å²) in [6, 6.07) is 6.11. The van der Waals surface area contributed by atoms with Crippen molar-refractivity contribution in [2.45, 2.75) is 31.2 Å². The summed E-state index contributed by atoms with van der Waals surface area (Å²) in [5.74, 6) is 0.857. The number of aromatic nitrogens is 4. The molecule has 7 nitrogen and oxygen atoms in total. The molecule has 3 aromatic rings. The van der Waals surface area contributed by atoms with Crippen LogP contribution in [0, 0.1) is 5.82 Å². The Morgan fingerprint density at radius 1 is 1.21 bits per heavy atom. The van der Waals surface area contributed by atoms with Crippen LogP contribution in [0.15, 0.2) is 41.2 Å². The van der Waals surface area contributed by atoms with Gasteiger partial charge < -0.3 is 9.26 Å². The molecule has 1 fully saturated rings. The molecular formula is C21H26FN5O2. The Balaban J connectivity index is 1.50. The summed E-state index contributed by atoms with van der Waals surface area (Å²) in [5, 5.41) is 8.56. The SMILES string of the molecule is COCCC1(c2noc(-c3ccc(F)cc3)n2)CCN(Cc2cnn(C)c2)CC1. The summed E-state index contributed by atoms with van der Waals surface area (Å²) < 4.78 is 25.9. The fraction of sp³-hybridized carbons (Fsp3) is 0.476. The maximum absolute atomic E-state index is 13.2. The highest BCUT2D eigenvalue weighted by molar-refractivity contribution is 5.52. The van der Waals surface area contributed by atoms with Gasteiger partial charge in [-0.3, -0.25) is 9.58 Å². The largest absolute Gasteiger partial charge is 0.385 e. The average molecular weight is 399 g/mol. The van der Waals surface area contributed by atoms with Crippen molar-refractivity contribution in [1.82, 2.24) is 24.8 Å². The first-order valence-corrected chi connectivity index (χ1v) is 9.87. The topological polar surface area (TPSA) is 69.2 Å². The van der Waals surface area contributed by atoms with Gasteiger partial charge in [-0.1, -0.05) is 5.16 Å². The lowest BCUT2D eigenvalue weighted by Crippen LogP contribution is -2.43. The molecule has 0 amide bonds. The lowest BCUT2D eigenvalue weighted by atomic mass is 9.75. The Morgan fingerprint density at radius 3 is 2.62 bits per heavy atom. The van der Waals surface area contributed by atoms with E-state index in [1.165, 1.54) is 17.7 Å². The molecule has 0 radical (unpaired) electrons. The van der Waals surface area contributed by atoms with Crippen LogP contribution in [0.25, 0.3) is 11.5 Å². The number of nitrogens with zero attached hydrogens (tertiary/aromatic N) is 5. The van der Waals surface area contributed by atoms with Gasteiger partial charge in [-0.25, -0.2) is 4.39 Å². The third-order valence-electron chi connectivity index (χ3n) is 5.75. The number of methoxy groups -OCH3 is 1. The summed E-state index contributed by atoms with van der Waals surface area (Å²) in [5.41, 5.74) is 1.76. The molecule has 2 aromatic heterocycles. The fourth-order valence-corrected chi connectivity index (χ4v) is 3.98. The molecule has 8 heteroatoms. The van der Waals surface area contributed by atoms with Gasteiger partial charge in [0.1, 0.15) is 5.82 Å². The van der Waals surface area contributed by atoms with Crippen LogP contribution in [-0.4, -0.2) is 51.6 Å². The Hall–Kier alpha value is -2.58. The highest BCUT2D eigenvalue weighted by atomic mass is 19.1. The first-order chi connectivity index (χ1) is 14.1. The molecule has 1 aromatic carbocycles. The van der Waals surface area contributed by atoms with E-state index >= 15 is 0 Å². The van der Waals surface area contributed by atoms with Crippen LogP contribution in [-0.2, 0) is 23.7 Å². The minimum absolute atomic E-state index is 0.177. The smallest absolute Gasteiger partial charge is 0.257 e. The molecule has 0 N–H and O–H groups in total. The first-order valence-electron chi connectivity index (χ1n) is 9.87. The number of hydrogen-bond acceptors (Lipinski definition) is 6. The van der Waals surface area contributed by atoms with Gasteiger partial charge in [-0.05, 0) is 56.6 Å². The molecule has 1 saturated heterocycles. The van der Waals surface area contributed by atoms with E-state index in [-0.39, 0.29) is 11.2 Å². The third kappa shape index (κ3) is 4.38. The Bertz CT molecular complexity index is 929. The molecule has 29 heavy (non-hydrogen) atoms. The van der Waals surface area contributed by atoms with E-state index in [2.05, 4.69) is 26.3 Å². The summed E-state index contributed by atoms with van der Waals surface area (Å²) in [7, 11) is 3.65. The highest BCUT2D eigenvalue weighted by Crippen LogP contribution is 2.38. The number of rotatable bonds is 7. The van der Waals surface area contributed by atoms with E-state index < -0.39 is 0 Å². The zero-order chi connectivity index (χ0) is 20.3. The van der Waals surface area contributed by atoms with Crippen LogP contribution in [0.2, 0.25) is 0 Å². The minimum atomic E-state index is -0.286. The average Bonchev–Trinajstić information content (AvgIpc) is 3.38. The van der Waals surface area contributed by atoms with Crippen LogP contribution in [0.4, 0.5) is 4.39 Å². The van der Waals surface area contributed by atoms with Gasteiger partial charge in [0.05, 0.1) is 6.20 Å². The van der Waals surface area contributed by atoms with Crippen molar-refractivity contribution in [3.63, 3.8) is 0 Å². The standard InChI is InChI=1S/C21H26FN5O2/c1-26-14-16(13-23-26)15-27-10-7-21(8-11-27,9-12-28-2)20-24-19(29-25-20)17-3-5-18(22)6-4-17/h3-6,13-14H,7-12,15H2,1-2H3. The molecular weight excluding hydrogens is 373 g/mol. The van der Waals surface area contributed by atoms with E-state index in [1.54, 1.807) is 19.2 Å². The van der Waals surface area contributed by atoms with Crippen LogP contribution in [0.5, 0.6) is 0 Å². The van der Waals surface area contributed by atoms with E-state index in [1.807, 2.05) is 17.9 Å². The van der Waals surface area contributed by atoms with Crippen molar-refractivity contribution < 1.29 is 13.7 Å². The molecule has 1 aliphatic heterocycles. The predicted molar refractivity (Wildman–Crippen MR) is 106 cm³/mol. The molecule has 0 saturated carbocycles. The molecule has 0 spiro atoms. The second-order valence-electron chi connectivity index (χ2n) is 7.75. The second-order valence-corrected chi connectivity index (χ2v) is 7.75. The van der Waals surface area contributed by atoms with E-state index in [4.69, 9.17) is 9.26 Å².